The lowest BCUT2D eigenvalue weighted by Crippen LogP contribution is -2.19. The van der Waals surface area contributed by atoms with E-state index in [0.29, 0.717) is 5.69 Å². The Kier molecular flexibility index (Phi) is 5.79. The summed E-state index contributed by atoms with van der Waals surface area (Å²) in [6.45, 7) is 5.85. The molecule has 0 aliphatic heterocycles. The van der Waals surface area contributed by atoms with Gasteiger partial charge in [0.2, 0.25) is 0 Å². The summed E-state index contributed by atoms with van der Waals surface area (Å²) in [5, 5.41) is 2.83. The molecule has 0 radical (unpaired) electrons. The zero-order valence-corrected chi connectivity index (χ0v) is 9.41. The fourth-order valence-electron chi connectivity index (χ4n) is 0.862. The predicted molar refractivity (Wildman–Crippen MR) is 62.9 cm³/mol. The Morgan fingerprint density at radius 2 is 2.00 bits per heavy atom. The van der Waals surface area contributed by atoms with Gasteiger partial charge in [0.1, 0.15) is 5.82 Å². The van der Waals surface area contributed by atoms with Crippen LogP contribution in [0.25, 0.3) is 0 Å². The smallest absolute Gasteiger partial charge is 0.168 e. The lowest BCUT2D eigenvalue weighted by molar-refractivity contribution is 0.628. The summed E-state index contributed by atoms with van der Waals surface area (Å²) in [5.41, 5.74) is 6.76. The highest BCUT2D eigenvalue weighted by Gasteiger charge is 1.99. The molecular weight excluding hydrogens is 199 g/mol. The summed E-state index contributed by atoms with van der Waals surface area (Å²) in [6, 6.07) is 4.41. The molecule has 0 atom stereocenters. The third-order valence-electron chi connectivity index (χ3n) is 1.46. The van der Waals surface area contributed by atoms with Gasteiger partial charge < -0.3 is 11.1 Å². The third kappa shape index (κ3) is 4.18. The van der Waals surface area contributed by atoms with Crippen LogP contribution in [0.1, 0.15) is 19.4 Å². The van der Waals surface area contributed by atoms with Gasteiger partial charge in [0.25, 0.3) is 0 Å². The summed E-state index contributed by atoms with van der Waals surface area (Å²) >= 11 is 4.62. The second kappa shape index (κ2) is 6.32. The molecule has 0 amide bonds. The molecule has 0 heterocycles. The Balaban J connectivity index is 0.000000791. The van der Waals surface area contributed by atoms with Crippen LogP contribution in [-0.4, -0.2) is 5.11 Å². The molecule has 0 saturated heterocycles. The van der Waals surface area contributed by atoms with Gasteiger partial charge in [0, 0.05) is 5.69 Å². The number of anilines is 1. The molecule has 78 valence electrons. The highest BCUT2D eigenvalue weighted by Crippen LogP contribution is 2.15. The van der Waals surface area contributed by atoms with E-state index < -0.39 is 0 Å². The van der Waals surface area contributed by atoms with Crippen molar-refractivity contribution in [2.45, 2.75) is 20.8 Å². The molecule has 0 spiro atoms. The molecule has 0 saturated carbocycles. The lowest BCUT2D eigenvalue weighted by atomic mass is 10.2. The van der Waals surface area contributed by atoms with Crippen molar-refractivity contribution in [3.63, 3.8) is 0 Å². The van der Waals surface area contributed by atoms with Gasteiger partial charge >= 0.3 is 0 Å². The predicted octanol–water partition coefficient (Wildman–Crippen LogP) is 2.82. The number of hydrogen-bond donors (Lipinski definition) is 2. The van der Waals surface area contributed by atoms with Crippen molar-refractivity contribution < 1.29 is 4.39 Å². The molecule has 0 bridgehead atoms. The van der Waals surface area contributed by atoms with E-state index >= 15 is 0 Å². The van der Waals surface area contributed by atoms with Gasteiger partial charge in [-0.25, -0.2) is 4.39 Å². The number of rotatable bonds is 1. The maximum absolute atomic E-state index is 12.7. The van der Waals surface area contributed by atoms with Crippen LogP contribution in [-0.2, 0) is 0 Å². The minimum Gasteiger partial charge on any atom is -0.376 e. The average molecular weight is 214 g/mol. The Bertz CT molecular complexity index is 313. The van der Waals surface area contributed by atoms with Crippen LogP contribution in [0.5, 0.6) is 0 Å². The Labute approximate surface area is 89.3 Å². The van der Waals surface area contributed by atoms with Crippen LogP contribution >= 0.6 is 12.2 Å². The second-order valence-electron chi connectivity index (χ2n) is 2.45. The largest absolute Gasteiger partial charge is 0.376 e. The highest BCUT2D eigenvalue weighted by molar-refractivity contribution is 7.80. The maximum atomic E-state index is 12.7. The summed E-state index contributed by atoms with van der Waals surface area (Å²) in [7, 11) is 0. The van der Waals surface area contributed by atoms with Crippen molar-refractivity contribution in [2.75, 3.05) is 5.32 Å². The Hall–Kier alpha value is -1.16. The summed E-state index contributed by atoms with van der Waals surface area (Å²) in [6.07, 6.45) is 0. The summed E-state index contributed by atoms with van der Waals surface area (Å²) < 4.78 is 12.7. The van der Waals surface area contributed by atoms with E-state index in [-0.39, 0.29) is 10.9 Å². The molecule has 0 aliphatic rings. The maximum Gasteiger partial charge on any atom is 0.168 e. The Morgan fingerprint density at radius 1 is 1.43 bits per heavy atom. The molecule has 3 N–H and O–H groups in total. The second-order valence-corrected chi connectivity index (χ2v) is 2.89. The van der Waals surface area contributed by atoms with Gasteiger partial charge in [-0.1, -0.05) is 19.9 Å². The number of thiocarbonyl (C=S) groups is 1. The minimum absolute atomic E-state index is 0.142. The molecule has 2 nitrogen and oxygen atoms in total. The van der Waals surface area contributed by atoms with E-state index in [9.17, 15) is 4.39 Å². The van der Waals surface area contributed by atoms with Crippen molar-refractivity contribution >= 4 is 23.0 Å². The van der Waals surface area contributed by atoms with Crippen molar-refractivity contribution in [2.24, 2.45) is 5.73 Å². The third-order valence-corrected chi connectivity index (χ3v) is 1.56. The van der Waals surface area contributed by atoms with Crippen LogP contribution < -0.4 is 11.1 Å². The zero-order valence-electron chi connectivity index (χ0n) is 8.60. The van der Waals surface area contributed by atoms with E-state index in [1.807, 2.05) is 20.8 Å². The van der Waals surface area contributed by atoms with Gasteiger partial charge in [-0.3, -0.25) is 0 Å². The van der Waals surface area contributed by atoms with Crippen LogP contribution in [0.3, 0.4) is 0 Å². The SMILES string of the molecule is CC.Cc1ccc(F)cc1NC(N)=S. The van der Waals surface area contributed by atoms with Crippen LogP contribution in [0.15, 0.2) is 18.2 Å². The molecule has 0 unspecified atom stereocenters. The fourth-order valence-corrected chi connectivity index (χ4v) is 0.972. The summed E-state index contributed by atoms with van der Waals surface area (Å²) in [4.78, 5) is 0. The van der Waals surface area contributed by atoms with E-state index in [4.69, 9.17) is 5.73 Å². The molecule has 1 rings (SSSR count). The van der Waals surface area contributed by atoms with Crippen molar-refractivity contribution in [3.8, 4) is 0 Å². The molecule has 0 aliphatic carbocycles. The van der Waals surface area contributed by atoms with Gasteiger partial charge in [0.15, 0.2) is 5.11 Å². The van der Waals surface area contributed by atoms with E-state index in [1.165, 1.54) is 12.1 Å². The average Bonchev–Trinajstić information content (AvgIpc) is 2.14. The highest BCUT2D eigenvalue weighted by atomic mass is 32.1. The topological polar surface area (TPSA) is 38.0 Å². The summed E-state index contributed by atoms with van der Waals surface area (Å²) in [5.74, 6) is -0.306. The number of halogens is 1. The molecule has 1 aromatic rings. The molecule has 0 aromatic heterocycles. The van der Waals surface area contributed by atoms with E-state index in [0.717, 1.165) is 5.56 Å². The lowest BCUT2D eigenvalue weighted by Gasteiger charge is -2.06. The van der Waals surface area contributed by atoms with Crippen LogP contribution in [0.4, 0.5) is 10.1 Å². The van der Waals surface area contributed by atoms with Crippen molar-refractivity contribution in [1.29, 1.82) is 0 Å². The van der Waals surface area contributed by atoms with Crippen molar-refractivity contribution in [1.82, 2.24) is 0 Å². The minimum atomic E-state index is -0.306. The van der Waals surface area contributed by atoms with Gasteiger partial charge in [-0.05, 0) is 36.8 Å². The number of benzene rings is 1. The van der Waals surface area contributed by atoms with E-state index in [2.05, 4.69) is 17.5 Å². The first-order valence-corrected chi connectivity index (χ1v) is 4.83. The number of hydrogen-bond acceptors (Lipinski definition) is 1. The van der Waals surface area contributed by atoms with Gasteiger partial charge in [0.05, 0.1) is 0 Å². The molecular formula is C10H15FN2S. The van der Waals surface area contributed by atoms with Gasteiger partial charge in [-0.2, -0.15) is 0 Å². The number of aryl methyl sites for hydroxylation is 1. The van der Waals surface area contributed by atoms with Crippen LogP contribution in [0, 0.1) is 12.7 Å². The monoisotopic (exact) mass is 214 g/mol. The molecule has 1 aromatic carbocycles. The van der Waals surface area contributed by atoms with E-state index in [1.54, 1.807) is 6.07 Å². The Morgan fingerprint density at radius 3 is 2.50 bits per heavy atom. The fraction of sp³-hybridized carbons (Fsp3) is 0.300. The zero-order chi connectivity index (χ0) is 11.1. The van der Waals surface area contributed by atoms with Gasteiger partial charge in [-0.15, -0.1) is 0 Å². The van der Waals surface area contributed by atoms with Crippen LogP contribution in [0.2, 0.25) is 0 Å². The number of nitrogens with one attached hydrogen (secondary N) is 1. The quantitative estimate of drug-likeness (QED) is 0.706. The first-order valence-electron chi connectivity index (χ1n) is 4.42. The normalized spacial score (nSPS) is 8.57. The molecule has 4 heteroatoms. The standard InChI is InChI=1S/C8H9FN2S.C2H6/c1-5-2-3-6(9)4-7(5)11-8(10)12;1-2/h2-4H,1H3,(H3,10,11,12);1-2H3. The molecule has 0 fully saturated rings. The first-order chi connectivity index (χ1) is 6.59. The first kappa shape index (κ1) is 12.8. The van der Waals surface area contributed by atoms with Crippen molar-refractivity contribution in [3.05, 3.63) is 29.6 Å². The number of nitrogens with two attached hydrogens (primary N) is 1. The molecule has 14 heavy (non-hydrogen) atoms.